The third-order valence-corrected chi connectivity index (χ3v) is 3.79. The topological polar surface area (TPSA) is 61.8 Å². The summed E-state index contributed by atoms with van der Waals surface area (Å²) in [5, 5.41) is -0.360. The lowest BCUT2D eigenvalue weighted by molar-refractivity contribution is -0.274. The van der Waals surface area contributed by atoms with Crippen LogP contribution in [0.1, 0.15) is 21.5 Å². The lowest BCUT2D eigenvalue weighted by Gasteiger charge is -2.14. The predicted octanol–water partition coefficient (Wildman–Crippen LogP) is 4.78. The average molecular weight is 415 g/mol. The van der Waals surface area contributed by atoms with Crippen molar-refractivity contribution in [2.45, 2.75) is 13.0 Å². The van der Waals surface area contributed by atoms with Crippen LogP contribution in [-0.2, 0) is 20.9 Å². The molecule has 2 aromatic carbocycles. The van der Waals surface area contributed by atoms with Crippen LogP contribution < -0.4 is 4.74 Å². The SMILES string of the molecule is COC(=O)c1ccc(OC(F)(F)F)c(/C=C/C(=O)OCc2ccccc2)c1Cl. The molecule has 9 heteroatoms. The van der Waals surface area contributed by atoms with E-state index >= 15 is 0 Å². The number of alkyl halides is 3. The molecule has 0 saturated carbocycles. The molecular formula is C19H14ClF3O5. The zero-order valence-corrected chi connectivity index (χ0v) is 15.2. The summed E-state index contributed by atoms with van der Waals surface area (Å²) in [6.07, 6.45) is -3.13. The summed E-state index contributed by atoms with van der Waals surface area (Å²) in [5.41, 5.74) is 0.227. The van der Waals surface area contributed by atoms with Crippen LogP contribution in [-0.4, -0.2) is 25.4 Å². The van der Waals surface area contributed by atoms with Crippen LogP contribution in [0.5, 0.6) is 5.75 Å². The summed E-state index contributed by atoms with van der Waals surface area (Å²) < 4.78 is 51.3. The van der Waals surface area contributed by atoms with E-state index in [-0.39, 0.29) is 22.8 Å². The van der Waals surface area contributed by atoms with E-state index in [1.54, 1.807) is 30.3 Å². The number of carbonyl (C=O) groups excluding carboxylic acids is 2. The van der Waals surface area contributed by atoms with Gasteiger partial charge in [0.1, 0.15) is 12.4 Å². The fraction of sp³-hybridized carbons (Fsp3) is 0.158. The van der Waals surface area contributed by atoms with Crippen LogP contribution in [0.3, 0.4) is 0 Å². The molecule has 0 amide bonds. The Bertz CT molecular complexity index is 879. The van der Waals surface area contributed by atoms with Crippen molar-refractivity contribution in [2.75, 3.05) is 7.11 Å². The van der Waals surface area contributed by atoms with E-state index in [9.17, 15) is 22.8 Å². The minimum Gasteiger partial charge on any atom is -0.465 e. The summed E-state index contributed by atoms with van der Waals surface area (Å²) in [6, 6.07) is 10.7. The Morgan fingerprint density at radius 3 is 2.39 bits per heavy atom. The molecule has 0 bridgehead atoms. The highest BCUT2D eigenvalue weighted by molar-refractivity contribution is 6.35. The van der Waals surface area contributed by atoms with Crippen LogP contribution in [0.15, 0.2) is 48.5 Å². The largest absolute Gasteiger partial charge is 0.573 e. The van der Waals surface area contributed by atoms with Gasteiger partial charge in [-0.25, -0.2) is 9.59 Å². The number of hydrogen-bond donors (Lipinski definition) is 0. The Morgan fingerprint density at radius 2 is 1.79 bits per heavy atom. The molecule has 5 nitrogen and oxygen atoms in total. The number of carbonyl (C=O) groups is 2. The highest BCUT2D eigenvalue weighted by Crippen LogP contribution is 2.35. The van der Waals surface area contributed by atoms with Gasteiger partial charge in [0.05, 0.1) is 17.7 Å². The van der Waals surface area contributed by atoms with Crippen LogP contribution in [0, 0.1) is 0 Å². The van der Waals surface area contributed by atoms with Crippen LogP contribution in [0.4, 0.5) is 13.2 Å². The fourth-order valence-corrected chi connectivity index (χ4v) is 2.44. The Kier molecular flexibility index (Phi) is 7.06. The molecule has 28 heavy (non-hydrogen) atoms. The Morgan fingerprint density at radius 1 is 1.11 bits per heavy atom. The van der Waals surface area contributed by atoms with Gasteiger partial charge in [-0.05, 0) is 23.8 Å². The molecule has 0 radical (unpaired) electrons. The quantitative estimate of drug-likeness (QED) is 0.503. The minimum absolute atomic E-state index is 0.0220. The van der Waals surface area contributed by atoms with Crippen molar-refractivity contribution in [1.29, 1.82) is 0 Å². The van der Waals surface area contributed by atoms with Crippen molar-refractivity contribution >= 4 is 29.6 Å². The maximum absolute atomic E-state index is 12.6. The average Bonchev–Trinajstić information content (AvgIpc) is 2.65. The zero-order chi connectivity index (χ0) is 20.7. The Hall–Kier alpha value is -3.00. The minimum atomic E-state index is -4.99. The number of halogens is 4. The number of methoxy groups -OCH3 is 1. The Balaban J connectivity index is 2.26. The van der Waals surface area contributed by atoms with E-state index in [0.29, 0.717) is 0 Å². The van der Waals surface area contributed by atoms with Gasteiger partial charge in [-0.3, -0.25) is 0 Å². The van der Waals surface area contributed by atoms with Crippen LogP contribution in [0.2, 0.25) is 5.02 Å². The second kappa shape index (κ2) is 9.27. The second-order valence-corrected chi connectivity index (χ2v) is 5.68. The summed E-state index contributed by atoms with van der Waals surface area (Å²) in [6.45, 7) is -0.0220. The first kappa shape index (κ1) is 21.3. The van der Waals surface area contributed by atoms with Crippen molar-refractivity contribution in [2.24, 2.45) is 0 Å². The second-order valence-electron chi connectivity index (χ2n) is 5.30. The number of hydrogen-bond acceptors (Lipinski definition) is 5. The molecule has 0 heterocycles. The molecule has 0 atom stereocenters. The molecular weight excluding hydrogens is 401 g/mol. The van der Waals surface area contributed by atoms with E-state index in [2.05, 4.69) is 9.47 Å². The molecule has 0 unspecified atom stereocenters. The van der Waals surface area contributed by atoms with E-state index in [1.165, 1.54) is 0 Å². The van der Waals surface area contributed by atoms with E-state index in [4.69, 9.17) is 16.3 Å². The van der Waals surface area contributed by atoms with Crippen LogP contribution >= 0.6 is 11.6 Å². The van der Waals surface area contributed by atoms with Crippen molar-refractivity contribution in [1.82, 2.24) is 0 Å². The summed E-state index contributed by atoms with van der Waals surface area (Å²) in [4.78, 5) is 23.6. The van der Waals surface area contributed by atoms with Gasteiger partial charge in [-0.15, -0.1) is 13.2 Å². The molecule has 0 aromatic heterocycles. The molecule has 0 aliphatic carbocycles. The van der Waals surface area contributed by atoms with Gasteiger partial charge in [0.15, 0.2) is 0 Å². The smallest absolute Gasteiger partial charge is 0.465 e. The third-order valence-electron chi connectivity index (χ3n) is 3.38. The predicted molar refractivity (Wildman–Crippen MR) is 94.7 cm³/mol. The molecule has 148 valence electrons. The molecule has 0 aliphatic heterocycles. The molecule has 0 fully saturated rings. The molecule has 2 rings (SSSR count). The summed E-state index contributed by atoms with van der Waals surface area (Å²) in [7, 11) is 1.09. The summed E-state index contributed by atoms with van der Waals surface area (Å²) >= 11 is 6.02. The molecule has 0 saturated heterocycles. The molecule has 0 aliphatic rings. The van der Waals surface area contributed by atoms with Crippen molar-refractivity contribution in [3.8, 4) is 5.75 Å². The first-order chi connectivity index (χ1) is 13.2. The maximum Gasteiger partial charge on any atom is 0.573 e. The van der Waals surface area contributed by atoms with E-state index < -0.39 is 24.1 Å². The van der Waals surface area contributed by atoms with Crippen molar-refractivity contribution in [3.05, 3.63) is 70.3 Å². The van der Waals surface area contributed by atoms with Crippen molar-refractivity contribution in [3.63, 3.8) is 0 Å². The fourth-order valence-electron chi connectivity index (χ4n) is 2.14. The highest BCUT2D eigenvalue weighted by atomic mass is 35.5. The number of esters is 2. The normalized spacial score (nSPS) is 11.3. The van der Waals surface area contributed by atoms with Gasteiger partial charge in [0, 0.05) is 11.6 Å². The number of rotatable bonds is 6. The van der Waals surface area contributed by atoms with E-state index in [0.717, 1.165) is 37.0 Å². The lowest BCUT2D eigenvalue weighted by atomic mass is 10.1. The van der Waals surface area contributed by atoms with Gasteiger partial charge in [0.2, 0.25) is 0 Å². The van der Waals surface area contributed by atoms with Gasteiger partial charge in [-0.2, -0.15) is 0 Å². The Labute approximate surface area is 163 Å². The van der Waals surface area contributed by atoms with Gasteiger partial charge < -0.3 is 14.2 Å². The first-order valence-electron chi connectivity index (χ1n) is 7.76. The van der Waals surface area contributed by atoms with Gasteiger partial charge in [0.25, 0.3) is 0 Å². The molecule has 0 N–H and O–H groups in total. The third kappa shape index (κ3) is 6.02. The monoisotopic (exact) mass is 414 g/mol. The van der Waals surface area contributed by atoms with Gasteiger partial charge in [-0.1, -0.05) is 41.9 Å². The van der Waals surface area contributed by atoms with Crippen LogP contribution in [0.25, 0.3) is 6.08 Å². The van der Waals surface area contributed by atoms with Crippen molar-refractivity contribution < 1.29 is 37.0 Å². The van der Waals surface area contributed by atoms with Gasteiger partial charge >= 0.3 is 18.3 Å². The summed E-state index contributed by atoms with van der Waals surface area (Å²) in [5.74, 6) is -2.36. The standard InChI is InChI=1S/C19H14ClF3O5/c1-26-18(25)14-7-9-15(28-19(21,22)23)13(17(14)20)8-10-16(24)27-11-12-5-3-2-4-6-12/h2-10H,11H2,1H3/b10-8+. The number of benzene rings is 2. The van der Waals surface area contributed by atoms with E-state index in [1.807, 2.05) is 0 Å². The first-order valence-corrected chi connectivity index (χ1v) is 8.14. The highest BCUT2D eigenvalue weighted by Gasteiger charge is 2.33. The number of ether oxygens (including phenoxy) is 3. The maximum atomic E-state index is 12.6. The molecule has 2 aromatic rings. The lowest BCUT2D eigenvalue weighted by Crippen LogP contribution is -2.18. The molecule has 0 spiro atoms. The zero-order valence-electron chi connectivity index (χ0n) is 14.5.